The first-order valence-corrected chi connectivity index (χ1v) is 5.60. The first kappa shape index (κ1) is 8.28. The minimum Gasteiger partial charge on any atom is -0.384 e. The van der Waals surface area contributed by atoms with Crippen molar-refractivity contribution in [1.82, 2.24) is 0 Å². The van der Waals surface area contributed by atoms with Crippen LogP contribution in [0.2, 0.25) is 0 Å². The van der Waals surface area contributed by atoms with Crippen LogP contribution in [0.5, 0.6) is 0 Å². The first-order valence-electron chi connectivity index (χ1n) is 5.60. The van der Waals surface area contributed by atoms with Gasteiger partial charge in [-0.25, -0.2) is 0 Å². The predicted molar refractivity (Wildman–Crippen MR) is 52.4 cm³/mol. The van der Waals surface area contributed by atoms with E-state index in [2.05, 4.69) is 13.8 Å². The molecule has 4 rings (SSSR count). The van der Waals surface area contributed by atoms with Crippen molar-refractivity contribution in [1.29, 1.82) is 0 Å². The van der Waals surface area contributed by atoms with E-state index in [9.17, 15) is 0 Å². The molecule has 4 aliphatic rings. The highest BCUT2D eigenvalue weighted by Gasteiger charge is 2.72. The molecule has 4 saturated carbocycles. The fourth-order valence-corrected chi connectivity index (χ4v) is 4.43. The third kappa shape index (κ3) is 0.782. The lowest BCUT2D eigenvalue weighted by Gasteiger charge is -2.60. The van der Waals surface area contributed by atoms with Crippen LogP contribution in [0.15, 0.2) is 0 Å². The fraction of sp³-hybridized carbons (Fsp3) is 1.00. The molecule has 1 heteroatoms. The summed E-state index contributed by atoms with van der Waals surface area (Å²) in [6, 6.07) is 0. The minimum atomic E-state index is 0.630. The SMILES string of the molecule is COC[C@]12CC1C[C@H]1C[C@@H]2C1(C)C. The molecule has 0 N–H and O–H groups in total. The number of rotatable bonds is 2. The number of hydrogen-bond donors (Lipinski definition) is 0. The summed E-state index contributed by atoms with van der Waals surface area (Å²) >= 11 is 0. The van der Waals surface area contributed by atoms with E-state index < -0.39 is 0 Å². The molecule has 0 spiro atoms. The zero-order valence-electron chi connectivity index (χ0n) is 8.97. The molecule has 13 heavy (non-hydrogen) atoms. The maximum absolute atomic E-state index is 5.41. The topological polar surface area (TPSA) is 9.23 Å². The highest BCUT2D eigenvalue weighted by molar-refractivity contribution is 5.20. The van der Waals surface area contributed by atoms with Crippen LogP contribution in [0.3, 0.4) is 0 Å². The number of methoxy groups -OCH3 is 1. The molecule has 0 radical (unpaired) electrons. The predicted octanol–water partition coefficient (Wildman–Crippen LogP) is 2.71. The molecule has 0 heterocycles. The highest BCUT2D eigenvalue weighted by Crippen LogP contribution is 2.77. The van der Waals surface area contributed by atoms with Crippen LogP contribution in [0, 0.1) is 28.6 Å². The molecule has 0 saturated heterocycles. The van der Waals surface area contributed by atoms with E-state index in [1.807, 2.05) is 7.11 Å². The van der Waals surface area contributed by atoms with E-state index in [0.717, 1.165) is 24.4 Å². The monoisotopic (exact) mass is 180 g/mol. The maximum atomic E-state index is 5.41. The summed E-state index contributed by atoms with van der Waals surface area (Å²) in [7, 11) is 1.86. The van der Waals surface area contributed by atoms with Crippen molar-refractivity contribution >= 4 is 0 Å². The van der Waals surface area contributed by atoms with Crippen molar-refractivity contribution < 1.29 is 4.74 Å². The molecule has 0 amide bonds. The van der Waals surface area contributed by atoms with Gasteiger partial charge in [0.15, 0.2) is 0 Å². The molecule has 1 unspecified atom stereocenters. The average molecular weight is 180 g/mol. The molecule has 4 aliphatic carbocycles. The van der Waals surface area contributed by atoms with Crippen molar-refractivity contribution in [3.8, 4) is 0 Å². The Kier molecular flexibility index (Phi) is 1.36. The normalized spacial score (nSPS) is 55.2. The molecule has 2 bridgehead atoms. The van der Waals surface area contributed by atoms with Gasteiger partial charge in [-0.2, -0.15) is 0 Å². The summed E-state index contributed by atoms with van der Waals surface area (Å²) in [6.45, 7) is 5.97. The van der Waals surface area contributed by atoms with Crippen molar-refractivity contribution in [2.24, 2.45) is 28.6 Å². The Morgan fingerprint density at radius 2 is 2.00 bits per heavy atom. The molecule has 0 aromatic carbocycles. The Bertz CT molecular complexity index is 246. The van der Waals surface area contributed by atoms with Gasteiger partial charge in [0, 0.05) is 12.5 Å². The van der Waals surface area contributed by atoms with E-state index in [1.165, 1.54) is 19.3 Å². The summed E-state index contributed by atoms with van der Waals surface area (Å²) < 4.78 is 5.41. The van der Waals surface area contributed by atoms with Gasteiger partial charge in [0.2, 0.25) is 0 Å². The Morgan fingerprint density at radius 3 is 2.62 bits per heavy atom. The van der Waals surface area contributed by atoms with Crippen LogP contribution >= 0.6 is 0 Å². The molecule has 0 aromatic heterocycles. The van der Waals surface area contributed by atoms with Gasteiger partial charge in [-0.15, -0.1) is 0 Å². The van der Waals surface area contributed by atoms with Gasteiger partial charge in [-0.05, 0) is 42.4 Å². The third-order valence-corrected chi connectivity index (χ3v) is 5.43. The number of hydrogen-bond acceptors (Lipinski definition) is 1. The van der Waals surface area contributed by atoms with Gasteiger partial charge in [0.05, 0.1) is 6.61 Å². The van der Waals surface area contributed by atoms with Gasteiger partial charge < -0.3 is 4.74 Å². The van der Waals surface area contributed by atoms with Gasteiger partial charge in [-0.1, -0.05) is 13.8 Å². The molecule has 0 aromatic rings. The maximum Gasteiger partial charge on any atom is 0.0524 e. The summed E-state index contributed by atoms with van der Waals surface area (Å²) in [5.74, 6) is 3.04. The average Bonchev–Trinajstić information content (AvgIpc) is 2.77. The second-order valence-electron chi connectivity index (χ2n) is 6.11. The zero-order valence-corrected chi connectivity index (χ0v) is 8.97. The van der Waals surface area contributed by atoms with Crippen LogP contribution in [-0.4, -0.2) is 13.7 Å². The Labute approximate surface area is 80.8 Å². The molecular weight excluding hydrogens is 160 g/mol. The second kappa shape index (κ2) is 2.13. The van der Waals surface area contributed by atoms with E-state index in [4.69, 9.17) is 4.74 Å². The van der Waals surface area contributed by atoms with Gasteiger partial charge in [0.1, 0.15) is 0 Å². The first-order chi connectivity index (χ1) is 6.11. The molecule has 0 aliphatic heterocycles. The van der Waals surface area contributed by atoms with Crippen LogP contribution in [0.1, 0.15) is 33.1 Å². The lowest BCUT2D eigenvalue weighted by atomic mass is 9.45. The molecule has 4 fully saturated rings. The van der Waals surface area contributed by atoms with E-state index >= 15 is 0 Å². The summed E-state index contributed by atoms with van der Waals surface area (Å²) in [6.07, 6.45) is 4.45. The zero-order chi connectivity index (χ0) is 9.27. The van der Waals surface area contributed by atoms with Crippen molar-refractivity contribution in [2.45, 2.75) is 33.1 Å². The van der Waals surface area contributed by atoms with Gasteiger partial charge in [0.25, 0.3) is 0 Å². The quantitative estimate of drug-likeness (QED) is 0.635. The smallest absolute Gasteiger partial charge is 0.0524 e. The minimum absolute atomic E-state index is 0.630. The van der Waals surface area contributed by atoms with E-state index in [0.29, 0.717) is 10.8 Å². The Hall–Kier alpha value is -0.0400. The van der Waals surface area contributed by atoms with Crippen LogP contribution in [0.4, 0.5) is 0 Å². The summed E-state index contributed by atoms with van der Waals surface area (Å²) in [5, 5.41) is 0. The van der Waals surface area contributed by atoms with Gasteiger partial charge in [-0.3, -0.25) is 0 Å². The standard InChI is InChI=1S/C12H20O/c1-11(2)8-4-9-6-12(9,7-13-3)10(11)5-8/h8-10H,4-7H2,1-3H3/t8-,9?,10+,12+/m0/s1. The third-order valence-electron chi connectivity index (χ3n) is 5.43. The molecule has 4 atom stereocenters. The molecular formula is C12H20O. The molecule has 1 nitrogen and oxygen atoms in total. The highest BCUT2D eigenvalue weighted by atomic mass is 16.5. The lowest BCUT2D eigenvalue weighted by Crippen LogP contribution is -2.54. The van der Waals surface area contributed by atoms with Crippen molar-refractivity contribution in [3.63, 3.8) is 0 Å². The Morgan fingerprint density at radius 1 is 1.23 bits per heavy atom. The largest absolute Gasteiger partial charge is 0.384 e. The van der Waals surface area contributed by atoms with Gasteiger partial charge >= 0.3 is 0 Å². The Balaban J connectivity index is 1.86. The second-order valence-corrected chi connectivity index (χ2v) is 6.11. The molecule has 74 valence electrons. The van der Waals surface area contributed by atoms with E-state index in [-0.39, 0.29) is 0 Å². The number of ether oxygens (including phenoxy) is 1. The summed E-state index contributed by atoms with van der Waals surface area (Å²) in [5.41, 5.74) is 1.26. The summed E-state index contributed by atoms with van der Waals surface area (Å²) in [4.78, 5) is 0. The van der Waals surface area contributed by atoms with Crippen LogP contribution in [-0.2, 0) is 4.74 Å². The lowest BCUT2D eigenvalue weighted by molar-refractivity contribution is -0.129. The van der Waals surface area contributed by atoms with E-state index in [1.54, 1.807) is 0 Å². The van der Waals surface area contributed by atoms with Crippen LogP contribution < -0.4 is 0 Å². The van der Waals surface area contributed by atoms with Crippen molar-refractivity contribution in [3.05, 3.63) is 0 Å². The fourth-order valence-electron chi connectivity index (χ4n) is 4.43. The van der Waals surface area contributed by atoms with Crippen molar-refractivity contribution in [2.75, 3.05) is 13.7 Å². The van der Waals surface area contributed by atoms with Crippen LogP contribution in [0.25, 0.3) is 0 Å².